The minimum Gasteiger partial charge on any atom is -0.310 e. The molecule has 1 heterocycles. The number of alkyl halides is 3. The van der Waals surface area contributed by atoms with E-state index < -0.39 is 12.6 Å². The average molecular weight is 251 g/mol. The number of rotatable bonds is 6. The first-order valence-electron chi connectivity index (χ1n) is 5.35. The van der Waals surface area contributed by atoms with Gasteiger partial charge in [0.25, 0.3) is 0 Å². The van der Waals surface area contributed by atoms with Gasteiger partial charge in [-0.05, 0) is 41.8 Å². The summed E-state index contributed by atoms with van der Waals surface area (Å²) in [6, 6.07) is 1.71. The molecule has 0 radical (unpaired) electrons. The van der Waals surface area contributed by atoms with E-state index in [9.17, 15) is 13.2 Å². The predicted molar refractivity (Wildman–Crippen MR) is 60.6 cm³/mol. The highest BCUT2D eigenvalue weighted by molar-refractivity contribution is 7.07. The van der Waals surface area contributed by atoms with Crippen LogP contribution >= 0.6 is 11.3 Å². The second-order valence-electron chi connectivity index (χ2n) is 3.72. The molecule has 0 bridgehead atoms. The molecular weight excluding hydrogens is 235 g/mol. The third kappa shape index (κ3) is 4.99. The normalized spacial score (nSPS) is 14.0. The van der Waals surface area contributed by atoms with Crippen LogP contribution in [0.1, 0.15) is 37.8 Å². The lowest BCUT2D eigenvalue weighted by Gasteiger charge is -2.18. The SMILES string of the molecule is CCCNC(CCC(F)(F)F)c1ccsc1. The maximum absolute atomic E-state index is 12.2. The van der Waals surface area contributed by atoms with Crippen LogP contribution in [0.3, 0.4) is 0 Å². The van der Waals surface area contributed by atoms with E-state index in [1.54, 1.807) is 0 Å². The Morgan fingerprint density at radius 1 is 1.44 bits per heavy atom. The third-order valence-electron chi connectivity index (χ3n) is 2.30. The number of hydrogen-bond acceptors (Lipinski definition) is 2. The zero-order chi connectivity index (χ0) is 12.0. The van der Waals surface area contributed by atoms with Gasteiger partial charge in [0.05, 0.1) is 0 Å². The molecule has 0 saturated carbocycles. The largest absolute Gasteiger partial charge is 0.389 e. The Labute approximate surface area is 97.7 Å². The molecular formula is C11H16F3NS. The lowest BCUT2D eigenvalue weighted by Crippen LogP contribution is -2.23. The summed E-state index contributed by atoms with van der Waals surface area (Å²) >= 11 is 1.51. The van der Waals surface area contributed by atoms with Gasteiger partial charge in [-0.1, -0.05) is 6.92 Å². The van der Waals surface area contributed by atoms with Gasteiger partial charge in [-0.3, -0.25) is 0 Å². The monoisotopic (exact) mass is 251 g/mol. The summed E-state index contributed by atoms with van der Waals surface area (Å²) in [6.07, 6.45) is -3.76. The molecule has 1 nitrogen and oxygen atoms in total. The van der Waals surface area contributed by atoms with Crippen LogP contribution in [-0.2, 0) is 0 Å². The quantitative estimate of drug-likeness (QED) is 0.801. The van der Waals surface area contributed by atoms with Crippen LogP contribution in [0, 0.1) is 0 Å². The molecule has 1 unspecified atom stereocenters. The van der Waals surface area contributed by atoms with Gasteiger partial charge in [-0.15, -0.1) is 0 Å². The van der Waals surface area contributed by atoms with Crippen molar-refractivity contribution < 1.29 is 13.2 Å². The first kappa shape index (κ1) is 13.5. The van der Waals surface area contributed by atoms with E-state index in [1.807, 2.05) is 23.8 Å². The van der Waals surface area contributed by atoms with Crippen molar-refractivity contribution in [1.82, 2.24) is 5.32 Å². The average Bonchev–Trinajstić information content (AvgIpc) is 2.69. The Balaban J connectivity index is 2.51. The van der Waals surface area contributed by atoms with Gasteiger partial charge in [0.15, 0.2) is 0 Å². The van der Waals surface area contributed by atoms with Gasteiger partial charge in [0.1, 0.15) is 0 Å². The zero-order valence-corrected chi connectivity index (χ0v) is 10.00. The van der Waals surface area contributed by atoms with E-state index in [4.69, 9.17) is 0 Å². The van der Waals surface area contributed by atoms with Crippen molar-refractivity contribution >= 4 is 11.3 Å². The Bertz CT molecular complexity index is 282. The summed E-state index contributed by atoms with van der Waals surface area (Å²) in [5.74, 6) is 0. The fourth-order valence-corrected chi connectivity index (χ4v) is 2.20. The summed E-state index contributed by atoms with van der Waals surface area (Å²) in [4.78, 5) is 0. The van der Waals surface area contributed by atoms with Gasteiger partial charge >= 0.3 is 6.18 Å². The molecule has 0 aliphatic heterocycles. The van der Waals surface area contributed by atoms with Gasteiger partial charge in [-0.25, -0.2) is 0 Å². The van der Waals surface area contributed by atoms with Crippen molar-refractivity contribution in [2.75, 3.05) is 6.54 Å². The summed E-state index contributed by atoms with van der Waals surface area (Å²) in [5.41, 5.74) is 0.961. The lowest BCUT2D eigenvalue weighted by atomic mass is 10.1. The standard InChI is InChI=1S/C11H16F3NS/c1-2-6-15-10(3-5-11(12,13)14)9-4-7-16-8-9/h4,7-8,10,15H,2-3,5-6H2,1H3. The Hall–Kier alpha value is -0.550. The van der Waals surface area contributed by atoms with Crippen molar-refractivity contribution in [3.05, 3.63) is 22.4 Å². The number of hydrogen-bond donors (Lipinski definition) is 1. The molecule has 5 heteroatoms. The van der Waals surface area contributed by atoms with Crippen LogP contribution in [0.5, 0.6) is 0 Å². The zero-order valence-electron chi connectivity index (χ0n) is 9.18. The Morgan fingerprint density at radius 3 is 2.69 bits per heavy atom. The van der Waals surface area contributed by atoms with Crippen LogP contribution in [-0.4, -0.2) is 12.7 Å². The van der Waals surface area contributed by atoms with Gasteiger partial charge in [0.2, 0.25) is 0 Å². The molecule has 0 fully saturated rings. The molecule has 0 aliphatic carbocycles. The van der Waals surface area contributed by atoms with Crippen LogP contribution < -0.4 is 5.32 Å². The van der Waals surface area contributed by atoms with Crippen LogP contribution in [0.4, 0.5) is 13.2 Å². The molecule has 1 rings (SSSR count). The molecule has 1 aromatic rings. The van der Waals surface area contributed by atoms with E-state index in [0.717, 1.165) is 18.5 Å². The molecule has 0 amide bonds. The molecule has 0 aliphatic rings. The lowest BCUT2D eigenvalue weighted by molar-refractivity contribution is -0.136. The maximum Gasteiger partial charge on any atom is 0.389 e. The first-order valence-corrected chi connectivity index (χ1v) is 6.29. The molecule has 1 atom stereocenters. The van der Waals surface area contributed by atoms with Crippen molar-refractivity contribution in [1.29, 1.82) is 0 Å². The highest BCUT2D eigenvalue weighted by Crippen LogP contribution is 2.28. The maximum atomic E-state index is 12.2. The summed E-state index contributed by atoms with van der Waals surface area (Å²) in [6.45, 7) is 2.75. The fraction of sp³-hybridized carbons (Fsp3) is 0.636. The number of nitrogens with one attached hydrogen (secondary N) is 1. The first-order chi connectivity index (χ1) is 7.53. The van der Waals surface area contributed by atoms with Crippen molar-refractivity contribution in [2.45, 2.75) is 38.4 Å². The van der Waals surface area contributed by atoms with E-state index in [1.165, 1.54) is 11.3 Å². The minimum absolute atomic E-state index is 0.111. The van der Waals surface area contributed by atoms with Crippen molar-refractivity contribution in [3.63, 3.8) is 0 Å². The van der Waals surface area contributed by atoms with Crippen LogP contribution in [0.15, 0.2) is 16.8 Å². The van der Waals surface area contributed by atoms with Gasteiger partial charge in [0, 0.05) is 12.5 Å². The highest BCUT2D eigenvalue weighted by atomic mass is 32.1. The predicted octanol–water partition coefficient (Wildman–Crippen LogP) is 4.13. The second-order valence-corrected chi connectivity index (χ2v) is 4.50. The Morgan fingerprint density at radius 2 is 2.19 bits per heavy atom. The molecule has 1 aromatic heterocycles. The topological polar surface area (TPSA) is 12.0 Å². The smallest absolute Gasteiger partial charge is 0.310 e. The summed E-state index contributed by atoms with van der Waals surface area (Å²) < 4.78 is 36.5. The summed E-state index contributed by atoms with van der Waals surface area (Å²) in [7, 11) is 0. The van der Waals surface area contributed by atoms with E-state index >= 15 is 0 Å². The number of halogens is 3. The summed E-state index contributed by atoms with van der Waals surface area (Å²) in [5, 5.41) is 6.95. The van der Waals surface area contributed by atoms with Crippen LogP contribution in [0.25, 0.3) is 0 Å². The fourth-order valence-electron chi connectivity index (χ4n) is 1.49. The molecule has 0 saturated heterocycles. The van der Waals surface area contributed by atoms with E-state index in [2.05, 4.69) is 5.32 Å². The van der Waals surface area contributed by atoms with E-state index in [0.29, 0.717) is 0 Å². The third-order valence-corrected chi connectivity index (χ3v) is 3.00. The minimum atomic E-state index is -4.07. The van der Waals surface area contributed by atoms with Crippen LogP contribution in [0.2, 0.25) is 0 Å². The molecule has 0 spiro atoms. The number of thiophene rings is 1. The van der Waals surface area contributed by atoms with E-state index in [-0.39, 0.29) is 12.5 Å². The molecule has 16 heavy (non-hydrogen) atoms. The molecule has 1 N–H and O–H groups in total. The van der Waals surface area contributed by atoms with Gasteiger partial charge in [-0.2, -0.15) is 24.5 Å². The highest BCUT2D eigenvalue weighted by Gasteiger charge is 2.28. The second kappa shape index (κ2) is 6.25. The van der Waals surface area contributed by atoms with Crippen molar-refractivity contribution in [2.24, 2.45) is 0 Å². The molecule has 92 valence electrons. The Kier molecular flexibility index (Phi) is 5.28. The molecule has 0 aromatic carbocycles. The van der Waals surface area contributed by atoms with Crippen molar-refractivity contribution in [3.8, 4) is 0 Å². The van der Waals surface area contributed by atoms with Gasteiger partial charge < -0.3 is 5.32 Å².